The minimum atomic E-state index is -1.03. The molecular weight excluding hydrogens is 600 g/mol. The van der Waals surface area contributed by atoms with Crippen molar-refractivity contribution in [2.45, 2.75) is 0 Å². The summed E-state index contributed by atoms with van der Waals surface area (Å²) in [5.41, 5.74) is 3.08. The number of phenolic OH excluding ortho intramolecular Hbond substituents is 8. The summed E-state index contributed by atoms with van der Waals surface area (Å²) in [7, 11) is 0. The lowest BCUT2D eigenvalue weighted by Gasteiger charge is -2.23. The number of hydrogen-bond donors (Lipinski definition) is 8. The van der Waals surface area contributed by atoms with Crippen LogP contribution in [0.1, 0.15) is 0 Å². The molecule has 0 unspecified atom stereocenters. The van der Waals surface area contributed by atoms with Gasteiger partial charge in [-0.05, 0) is 40.5 Å². The summed E-state index contributed by atoms with van der Waals surface area (Å²) in [6, 6.07) is 28.5. The van der Waals surface area contributed by atoms with Gasteiger partial charge in [-0.25, -0.2) is 0 Å². The number of para-hydroxylation sites is 1. The highest BCUT2D eigenvalue weighted by Gasteiger charge is 2.33. The standard InChI is InChI=1S/C38H24O9/c39-31-27-24(19-11-6-10-18(16-19)17-8-2-1-3-9-17)28-30(34(42)38(46)36(44)32(28)40)26(29(27)33(41)37(45)35(31)43)21-13-7-15-23-25(21)20-12-4-5-14-22(20)47-23/h1-16,39-46H. The van der Waals surface area contributed by atoms with Gasteiger partial charge in [0.05, 0.1) is 0 Å². The van der Waals surface area contributed by atoms with Crippen LogP contribution in [0.25, 0.3) is 76.9 Å². The molecule has 8 N–H and O–H groups in total. The number of phenols is 8. The van der Waals surface area contributed by atoms with Gasteiger partial charge in [0, 0.05) is 43.4 Å². The second kappa shape index (κ2) is 9.88. The van der Waals surface area contributed by atoms with Crippen LogP contribution < -0.4 is 0 Å². The van der Waals surface area contributed by atoms with E-state index in [-0.39, 0.29) is 32.7 Å². The van der Waals surface area contributed by atoms with Crippen LogP contribution in [0.5, 0.6) is 46.0 Å². The molecule has 47 heavy (non-hydrogen) atoms. The number of aromatic hydroxyl groups is 8. The van der Waals surface area contributed by atoms with Crippen LogP contribution in [0.2, 0.25) is 0 Å². The molecule has 9 nitrogen and oxygen atoms in total. The maximum atomic E-state index is 11.6. The van der Waals surface area contributed by atoms with Gasteiger partial charge in [0.25, 0.3) is 0 Å². The van der Waals surface area contributed by atoms with E-state index >= 15 is 0 Å². The Hall–Kier alpha value is -6.74. The molecule has 0 atom stereocenters. The Labute approximate surface area is 264 Å². The minimum absolute atomic E-state index is 0.0213. The molecule has 1 aromatic heterocycles. The summed E-state index contributed by atoms with van der Waals surface area (Å²) >= 11 is 0. The van der Waals surface area contributed by atoms with Crippen LogP contribution in [0.4, 0.5) is 0 Å². The summed E-state index contributed by atoms with van der Waals surface area (Å²) in [6.45, 7) is 0. The molecule has 0 spiro atoms. The summed E-state index contributed by atoms with van der Waals surface area (Å²) in [6.07, 6.45) is 0. The van der Waals surface area contributed by atoms with Crippen molar-refractivity contribution in [3.8, 4) is 79.4 Å². The Morgan fingerprint density at radius 1 is 0.340 bits per heavy atom. The van der Waals surface area contributed by atoms with Gasteiger partial charge in [-0.3, -0.25) is 0 Å². The lowest BCUT2D eigenvalue weighted by molar-refractivity contribution is 0.350. The van der Waals surface area contributed by atoms with E-state index in [2.05, 4.69) is 0 Å². The zero-order valence-corrected chi connectivity index (χ0v) is 24.2. The molecule has 0 aliphatic rings. The van der Waals surface area contributed by atoms with Crippen LogP contribution in [0.3, 0.4) is 0 Å². The maximum Gasteiger partial charge on any atom is 0.204 e. The molecule has 0 aliphatic carbocycles. The van der Waals surface area contributed by atoms with E-state index in [0.29, 0.717) is 33.1 Å². The Balaban J connectivity index is 1.67. The van der Waals surface area contributed by atoms with E-state index in [1.54, 1.807) is 60.7 Å². The van der Waals surface area contributed by atoms with Crippen LogP contribution in [0, 0.1) is 0 Å². The maximum absolute atomic E-state index is 11.6. The normalized spacial score (nSPS) is 11.7. The molecular formula is C38H24O9. The van der Waals surface area contributed by atoms with Gasteiger partial charge in [0.15, 0.2) is 23.0 Å². The van der Waals surface area contributed by atoms with Crippen molar-refractivity contribution in [1.29, 1.82) is 0 Å². The second-order valence-corrected chi connectivity index (χ2v) is 11.3. The van der Waals surface area contributed by atoms with Gasteiger partial charge in [-0.1, -0.05) is 78.9 Å². The number of fused-ring (bicyclic) bond motifs is 5. The molecule has 0 aliphatic heterocycles. The van der Waals surface area contributed by atoms with Crippen molar-refractivity contribution in [3.05, 3.63) is 97.1 Å². The zero-order chi connectivity index (χ0) is 32.7. The third-order valence-electron chi connectivity index (χ3n) is 8.72. The predicted octanol–water partition coefficient (Wildman–Crippen LogP) is 8.54. The van der Waals surface area contributed by atoms with Gasteiger partial charge in [0.2, 0.25) is 23.0 Å². The fraction of sp³-hybridized carbons (Fsp3) is 0. The molecule has 0 saturated carbocycles. The quantitative estimate of drug-likeness (QED) is 0.0544. The highest BCUT2D eigenvalue weighted by molar-refractivity contribution is 6.31. The Morgan fingerprint density at radius 2 is 0.809 bits per heavy atom. The molecule has 0 fully saturated rings. The minimum Gasteiger partial charge on any atom is -0.504 e. The fourth-order valence-electron chi connectivity index (χ4n) is 6.65. The number of hydrogen-bond acceptors (Lipinski definition) is 9. The van der Waals surface area contributed by atoms with E-state index in [9.17, 15) is 40.9 Å². The van der Waals surface area contributed by atoms with Crippen molar-refractivity contribution in [1.82, 2.24) is 0 Å². The first kappa shape index (κ1) is 27.8. The van der Waals surface area contributed by atoms with Crippen molar-refractivity contribution >= 4 is 43.5 Å². The zero-order valence-electron chi connectivity index (χ0n) is 24.2. The third kappa shape index (κ3) is 3.77. The third-order valence-corrected chi connectivity index (χ3v) is 8.72. The highest BCUT2D eigenvalue weighted by Crippen LogP contribution is 2.62. The fourth-order valence-corrected chi connectivity index (χ4v) is 6.65. The second-order valence-electron chi connectivity index (χ2n) is 11.3. The van der Waals surface area contributed by atoms with Gasteiger partial charge < -0.3 is 45.3 Å². The van der Waals surface area contributed by atoms with E-state index < -0.39 is 46.0 Å². The predicted molar refractivity (Wildman–Crippen MR) is 178 cm³/mol. The number of rotatable bonds is 3. The van der Waals surface area contributed by atoms with Gasteiger partial charge >= 0.3 is 0 Å². The Bertz CT molecular complexity index is 2520. The number of furan rings is 1. The van der Waals surface area contributed by atoms with Crippen LogP contribution in [0.15, 0.2) is 101 Å². The first-order valence-corrected chi connectivity index (χ1v) is 14.5. The number of benzene rings is 7. The first-order chi connectivity index (χ1) is 22.7. The van der Waals surface area contributed by atoms with Gasteiger partial charge in [0.1, 0.15) is 11.2 Å². The lowest BCUT2D eigenvalue weighted by atomic mass is 9.82. The molecule has 8 aromatic rings. The topological polar surface area (TPSA) is 175 Å². The lowest BCUT2D eigenvalue weighted by Crippen LogP contribution is -1.95. The average Bonchev–Trinajstić information content (AvgIpc) is 3.49. The van der Waals surface area contributed by atoms with E-state index in [1.807, 2.05) is 36.4 Å². The Morgan fingerprint density at radius 3 is 1.43 bits per heavy atom. The van der Waals surface area contributed by atoms with Crippen LogP contribution >= 0.6 is 0 Å². The smallest absolute Gasteiger partial charge is 0.204 e. The van der Waals surface area contributed by atoms with Crippen LogP contribution in [-0.4, -0.2) is 40.9 Å². The van der Waals surface area contributed by atoms with Gasteiger partial charge in [-0.15, -0.1) is 0 Å². The summed E-state index contributed by atoms with van der Waals surface area (Å²) in [4.78, 5) is 0. The molecule has 0 radical (unpaired) electrons. The molecule has 7 aromatic carbocycles. The summed E-state index contributed by atoms with van der Waals surface area (Å²) in [5.74, 6) is -7.48. The SMILES string of the molecule is Oc1c(O)c(O)c2c(-c3cccc4oc5ccccc5c34)c3c(O)c(O)c(O)c(O)c3c(-c3cccc(-c4ccccc4)c3)c2c1O. The van der Waals surface area contributed by atoms with E-state index in [4.69, 9.17) is 4.42 Å². The Kier molecular flexibility index (Phi) is 5.84. The average molecular weight is 625 g/mol. The van der Waals surface area contributed by atoms with Crippen molar-refractivity contribution < 1.29 is 45.3 Å². The summed E-state index contributed by atoms with van der Waals surface area (Å²) in [5, 5.41) is 90.0. The van der Waals surface area contributed by atoms with Gasteiger partial charge in [-0.2, -0.15) is 0 Å². The van der Waals surface area contributed by atoms with Crippen molar-refractivity contribution in [2.75, 3.05) is 0 Å². The monoisotopic (exact) mass is 624 g/mol. The molecule has 1 heterocycles. The summed E-state index contributed by atoms with van der Waals surface area (Å²) < 4.78 is 6.08. The highest BCUT2D eigenvalue weighted by atomic mass is 16.4. The molecule has 230 valence electrons. The van der Waals surface area contributed by atoms with Crippen molar-refractivity contribution in [2.24, 2.45) is 0 Å². The van der Waals surface area contributed by atoms with Crippen molar-refractivity contribution in [3.63, 3.8) is 0 Å². The molecule has 8 rings (SSSR count). The molecule has 9 heteroatoms. The van der Waals surface area contributed by atoms with E-state index in [0.717, 1.165) is 11.1 Å². The molecule has 0 saturated heterocycles. The largest absolute Gasteiger partial charge is 0.504 e. The molecule has 0 amide bonds. The van der Waals surface area contributed by atoms with Crippen LogP contribution in [-0.2, 0) is 0 Å². The molecule has 0 bridgehead atoms. The van der Waals surface area contributed by atoms with E-state index in [1.165, 1.54) is 0 Å². The first-order valence-electron chi connectivity index (χ1n) is 14.5.